The number of thioether (sulfide) groups is 1. The molecule has 0 saturated carbocycles. The SMILES string of the molecule is CI.COc1ccccc1S[C@@H](c1ccccc1F)[C@@H]1CNCCO1. The molecule has 3 nitrogen and oxygen atoms in total. The molecule has 0 aliphatic carbocycles. The number of hydrogen-bond donors (Lipinski definition) is 1. The topological polar surface area (TPSA) is 30.5 Å². The molecule has 25 heavy (non-hydrogen) atoms. The third kappa shape index (κ3) is 5.57. The molecule has 3 rings (SSSR count). The number of nitrogens with one attached hydrogen (secondary N) is 1. The molecule has 6 heteroatoms. The molecule has 2 atom stereocenters. The Morgan fingerprint density at radius 1 is 1.20 bits per heavy atom. The molecule has 0 aromatic heterocycles. The molecule has 0 radical (unpaired) electrons. The highest BCUT2D eigenvalue weighted by Crippen LogP contribution is 2.43. The van der Waals surface area contributed by atoms with Gasteiger partial charge in [-0.05, 0) is 23.1 Å². The first kappa shape index (κ1) is 20.5. The van der Waals surface area contributed by atoms with Crippen molar-refractivity contribution in [2.45, 2.75) is 16.2 Å². The summed E-state index contributed by atoms with van der Waals surface area (Å²) in [7, 11) is 1.65. The Hall–Kier alpha value is -0.830. The maximum Gasteiger partial charge on any atom is 0.132 e. The lowest BCUT2D eigenvalue weighted by Gasteiger charge is -2.31. The summed E-state index contributed by atoms with van der Waals surface area (Å²) in [5.74, 6) is 0.594. The van der Waals surface area contributed by atoms with Crippen molar-refractivity contribution in [3.8, 4) is 5.75 Å². The zero-order valence-electron chi connectivity index (χ0n) is 14.4. The van der Waals surface area contributed by atoms with Crippen molar-refractivity contribution in [1.82, 2.24) is 5.32 Å². The van der Waals surface area contributed by atoms with E-state index < -0.39 is 0 Å². The van der Waals surface area contributed by atoms with E-state index in [4.69, 9.17) is 9.47 Å². The maximum atomic E-state index is 14.4. The maximum absolute atomic E-state index is 14.4. The monoisotopic (exact) mass is 475 g/mol. The smallest absolute Gasteiger partial charge is 0.132 e. The van der Waals surface area contributed by atoms with Crippen molar-refractivity contribution in [2.75, 3.05) is 31.7 Å². The van der Waals surface area contributed by atoms with Gasteiger partial charge in [0.15, 0.2) is 0 Å². The Morgan fingerprint density at radius 2 is 1.92 bits per heavy atom. The third-order valence-electron chi connectivity index (χ3n) is 3.83. The van der Waals surface area contributed by atoms with Gasteiger partial charge in [-0.2, -0.15) is 0 Å². The van der Waals surface area contributed by atoms with Gasteiger partial charge in [0.2, 0.25) is 0 Å². The lowest BCUT2D eigenvalue weighted by molar-refractivity contribution is 0.0268. The number of methoxy groups -OCH3 is 1. The number of ether oxygens (including phenoxy) is 2. The van der Waals surface area contributed by atoms with Crippen LogP contribution in [-0.4, -0.2) is 37.8 Å². The molecule has 1 N–H and O–H groups in total. The van der Waals surface area contributed by atoms with Crippen LogP contribution in [0.3, 0.4) is 0 Å². The van der Waals surface area contributed by atoms with Crippen LogP contribution in [0.15, 0.2) is 53.4 Å². The van der Waals surface area contributed by atoms with E-state index in [0.29, 0.717) is 18.7 Å². The number of hydrogen-bond acceptors (Lipinski definition) is 4. The van der Waals surface area contributed by atoms with Crippen LogP contribution in [0.2, 0.25) is 0 Å². The van der Waals surface area contributed by atoms with Crippen LogP contribution >= 0.6 is 34.4 Å². The number of alkyl halides is 1. The molecule has 1 fully saturated rings. The van der Waals surface area contributed by atoms with E-state index in [1.165, 1.54) is 6.07 Å². The van der Waals surface area contributed by atoms with Gasteiger partial charge in [-0.15, -0.1) is 11.8 Å². The Morgan fingerprint density at radius 3 is 2.60 bits per heavy atom. The molecular formula is C19H23FINO2S. The Kier molecular flexibility index (Phi) is 9.02. The first-order valence-corrected chi connectivity index (χ1v) is 11.1. The van der Waals surface area contributed by atoms with Gasteiger partial charge in [-0.3, -0.25) is 0 Å². The van der Waals surface area contributed by atoms with Gasteiger partial charge in [-0.25, -0.2) is 4.39 Å². The normalized spacial score (nSPS) is 18.0. The molecule has 136 valence electrons. The van der Waals surface area contributed by atoms with Gasteiger partial charge in [0.25, 0.3) is 0 Å². The first-order chi connectivity index (χ1) is 12.3. The second-order valence-corrected chi connectivity index (χ2v) is 6.51. The van der Waals surface area contributed by atoms with Crippen molar-refractivity contribution in [1.29, 1.82) is 0 Å². The molecule has 0 bridgehead atoms. The van der Waals surface area contributed by atoms with Crippen molar-refractivity contribution in [3.05, 3.63) is 59.9 Å². The van der Waals surface area contributed by atoms with Gasteiger partial charge < -0.3 is 14.8 Å². The fraction of sp³-hybridized carbons (Fsp3) is 0.368. The average Bonchev–Trinajstić information content (AvgIpc) is 2.69. The van der Waals surface area contributed by atoms with E-state index in [9.17, 15) is 4.39 Å². The van der Waals surface area contributed by atoms with E-state index in [2.05, 4.69) is 27.9 Å². The number of rotatable bonds is 5. The Labute approximate surface area is 166 Å². The minimum atomic E-state index is -0.200. The van der Waals surface area contributed by atoms with E-state index in [1.54, 1.807) is 24.9 Å². The number of para-hydroxylation sites is 1. The Bertz CT molecular complexity index is 653. The van der Waals surface area contributed by atoms with E-state index in [1.807, 2.05) is 41.3 Å². The molecule has 1 aliphatic rings. The molecule has 1 saturated heterocycles. The summed E-state index contributed by atoms with van der Waals surface area (Å²) in [4.78, 5) is 2.95. The third-order valence-corrected chi connectivity index (χ3v) is 5.23. The van der Waals surface area contributed by atoms with Crippen molar-refractivity contribution >= 4 is 34.4 Å². The molecule has 1 aliphatic heterocycles. The summed E-state index contributed by atoms with van der Waals surface area (Å²) in [6, 6.07) is 14.7. The van der Waals surface area contributed by atoms with Gasteiger partial charge >= 0.3 is 0 Å². The number of halogens is 2. The molecule has 0 unspecified atom stereocenters. The van der Waals surface area contributed by atoms with Gasteiger partial charge in [-0.1, -0.05) is 52.9 Å². The summed E-state index contributed by atoms with van der Waals surface area (Å²) >= 11 is 3.73. The molecule has 2 aromatic rings. The van der Waals surface area contributed by atoms with Crippen LogP contribution < -0.4 is 10.1 Å². The summed E-state index contributed by atoms with van der Waals surface area (Å²) in [6.07, 6.45) is -0.0874. The predicted octanol–water partition coefficient (Wildman–Crippen LogP) is 4.71. The van der Waals surface area contributed by atoms with Crippen LogP contribution in [-0.2, 0) is 4.74 Å². The summed E-state index contributed by atoms with van der Waals surface area (Å²) in [5.41, 5.74) is 0.664. The van der Waals surface area contributed by atoms with Gasteiger partial charge in [0, 0.05) is 18.7 Å². The molecular weight excluding hydrogens is 452 g/mol. The number of benzene rings is 2. The van der Waals surface area contributed by atoms with Crippen molar-refractivity contribution in [2.24, 2.45) is 0 Å². The minimum Gasteiger partial charge on any atom is -0.496 e. The first-order valence-electron chi connectivity index (χ1n) is 8.04. The molecule has 0 spiro atoms. The van der Waals surface area contributed by atoms with E-state index in [-0.39, 0.29) is 17.2 Å². The lowest BCUT2D eigenvalue weighted by Crippen LogP contribution is -2.41. The van der Waals surface area contributed by atoms with Crippen LogP contribution in [0.4, 0.5) is 4.39 Å². The van der Waals surface area contributed by atoms with E-state index >= 15 is 0 Å². The fourth-order valence-electron chi connectivity index (χ4n) is 2.68. The van der Waals surface area contributed by atoms with Crippen molar-refractivity contribution < 1.29 is 13.9 Å². The highest BCUT2D eigenvalue weighted by Gasteiger charge is 2.29. The largest absolute Gasteiger partial charge is 0.496 e. The standard InChI is InChI=1S/C18H20FNO2S.CH3I/c1-21-15-8-4-5-9-17(15)23-18(16-12-20-10-11-22-16)13-6-2-3-7-14(13)19;1-2/h2-9,16,18,20H,10-12H2,1H3;1H3/t16-,18-;/m0./s1. The average molecular weight is 475 g/mol. The predicted molar refractivity (Wildman–Crippen MR) is 111 cm³/mol. The van der Waals surface area contributed by atoms with Crippen LogP contribution in [0.25, 0.3) is 0 Å². The highest BCUT2D eigenvalue weighted by atomic mass is 127. The zero-order chi connectivity index (χ0) is 18.1. The summed E-state index contributed by atoms with van der Waals surface area (Å²) < 4.78 is 25.7. The highest BCUT2D eigenvalue weighted by molar-refractivity contribution is 14.1. The minimum absolute atomic E-state index is 0.0874. The van der Waals surface area contributed by atoms with E-state index in [0.717, 1.165) is 17.2 Å². The second-order valence-electron chi connectivity index (χ2n) is 5.32. The fourth-order valence-corrected chi connectivity index (χ4v) is 4.02. The van der Waals surface area contributed by atoms with Crippen LogP contribution in [0.1, 0.15) is 10.8 Å². The van der Waals surface area contributed by atoms with Crippen LogP contribution in [0, 0.1) is 5.82 Å². The second kappa shape index (κ2) is 11.0. The quantitative estimate of drug-likeness (QED) is 0.386. The lowest BCUT2D eigenvalue weighted by atomic mass is 10.1. The van der Waals surface area contributed by atoms with Gasteiger partial charge in [0.1, 0.15) is 11.6 Å². The Balaban J connectivity index is 0.00000109. The molecule has 2 aromatic carbocycles. The van der Waals surface area contributed by atoms with Gasteiger partial charge in [0.05, 0.1) is 30.0 Å². The summed E-state index contributed by atoms with van der Waals surface area (Å²) in [6.45, 7) is 2.18. The van der Waals surface area contributed by atoms with Crippen molar-refractivity contribution in [3.63, 3.8) is 0 Å². The molecule has 1 heterocycles. The summed E-state index contributed by atoms with van der Waals surface area (Å²) in [5, 5.41) is 3.19. The number of morpholine rings is 1. The zero-order valence-corrected chi connectivity index (χ0v) is 17.3. The van der Waals surface area contributed by atoms with Crippen LogP contribution in [0.5, 0.6) is 5.75 Å². The molecule has 0 amide bonds.